The molecule has 0 saturated heterocycles. The van der Waals surface area contributed by atoms with Crippen molar-refractivity contribution in [1.82, 2.24) is 14.9 Å². The summed E-state index contributed by atoms with van der Waals surface area (Å²) < 4.78 is 1.63. The predicted molar refractivity (Wildman–Crippen MR) is 138 cm³/mol. The van der Waals surface area contributed by atoms with E-state index in [1.165, 1.54) is 30.0 Å². The average Bonchev–Trinajstić information content (AvgIpc) is 3.30. The molecule has 0 bridgehead atoms. The number of amides is 1. The smallest absolute Gasteiger partial charge is 0.266 e. The van der Waals surface area contributed by atoms with Gasteiger partial charge in [-0.15, -0.1) is 11.3 Å². The molecule has 0 atom stereocenters. The number of aromatic nitrogens is 2. The molecule has 1 N–H and O–H groups in total. The molecular weight excluding hydrogens is 466 g/mol. The molecule has 2 aromatic carbocycles. The number of Topliss-reactive ketones (excluding diaryl/α,β-unsaturated/α-hetero) is 1. The third-order valence-corrected chi connectivity index (χ3v) is 7.39. The standard InChI is InChI=1S/C26H25N3O3S2/c1-16(2)19-8-5-7-11-22(19)29-25(32)20-9-4-6-10-21(20)28-26(29)33-15-23(31)24-13-12-18(34-24)14-27-17(3)30/h4-13,16H,14-15H2,1-3H3,(H,27,30). The number of fused-ring (bicyclic) bond motifs is 1. The number of hydrogen-bond donors (Lipinski definition) is 1. The van der Waals surface area contributed by atoms with Crippen molar-refractivity contribution in [3.8, 4) is 5.69 Å². The van der Waals surface area contributed by atoms with Crippen molar-refractivity contribution in [3.63, 3.8) is 0 Å². The van der Waals surface area contributed by atoms with E-state index < -0.39 is 0 Å². The Bertz CT molecular complexity index is 1420. The number of benzene rings is 2. The Morgan fingerprint density at radius 2 is 1.79 bits per heavy atom. The van der Waals surface area contributed by atoms with E-state index in [4.69, 9.17) is 4.98 Å². The fraction of sp³-hybridized carbons (Fsp3) is 0.231. The first-order chi connectivity index (χ1) is 16.3. The maximum Gasteiger partial charge on any atom is 0.266 e. The van der Waals surface area contributed by atoms with Crippen molar-refractivity contribution in [1.29, 1.82) is 0 Å². The van der Waals surface area contributed by atoms with Gasteiger partial charge in [-0.1, -0.05) is 55.9 Å². The average molecular weight is 492 g/mol. The van der Waals surface area contributed by atoms with E-state index in [2.05, 4.69) is 19.2 Å². The van der Waals surface area contributed by atoms with Crippen molar-refractivity contribution in [2.45, 2.75) is 38.4 Å². The highest BCUT2D eigenvalue weighted by Gasteiger charge is 2.19. The normalized spacial score (nSPS) is 11.2. The number of nitrogens with one attached hydrogen (secondary N) is 1. The monoisotopic (exact) mass is 491 g/mol. The van der Waals surface area contributed by atoms with E-state index in [1.54, 1.807) is 16.7 Å². The number of rotatable bonds is 8. The summed E-state index contributed by atoms with van der Waals surface area (Å²) >= 11 is 2.63. The van der Waals surface area contributed by atoms with Gasteiger partial charge >= 0.3 is 0 Å². The second-order valence-corrected chi connectivity index (χ2v) is 10.3. The molecular formula is C26H25N3O3S2. The van der Waals surface area contributed by atoms with E-state index in [9.17, 15) is 14.4 Å². The van der Waals surface area contributed by atoms with Crippen molar-refractivity contribution in [3.05, 3.63) is 86.3 Å². The Hall–Kier alpha value is -3.23. The van der Waals surface area contributed by atoms with Gasteiger partial charge in [0, 0.05) is 11.8 Å². The van der Waals surface area contributed by atoms with Gasteiger partial charge in [-0.2, -0.15) is 0 Å². The van der Waals surface area contributed by atoms with Crippen molar-refractivity contribution in [2.24, 2.45) is 0 Å². The first kappa shape index (κ1) is 23.9. The number of hydrogen-bond acceptors (Lipinski definition) is 6. The summed E-state index contributed by atoms with van der Waals surface area (Å²) in [6, 6.07) is 18.7. The van der Waals surface area contributed by atoms with E-state index in [1.807, 2.05) is 48.5 Å². The number of carbonyl (C=O) groups is 2. The number of thioether (sulfide) groups is 1. The van der Waals surface area contributed by atoms with Crippen molar-refractivity contribution >= 4 is 45.7 Å². The predicted octanol–water partition coefficient (Wildman–Crippen LogP) is 5.18. The first-order valence-corrected chi connectivity index (χ1v) is 12.8. The highest BCUT2D eigenvalue weighted by Crippen LogP contribution is 2.28. The van der Waals surface area contributed by atoms with Gasteiger partial charge in [0.2, 0.25) is 5.91 Å². The lowest BCUT2D eigenvalue weighted by atomic mass is 10.0. The maximum atomic E-state index is 13.6. The molecule has 0 radical (unpaired) electrons. The molecule has 0 spiro atoms. The second-order valence-electron chi connectivity index (χ2n) is 8.15. The van der Waals surface area contributed by atoms with E-state index in [0.717, 1.165) is 16.1 Å². The number of carbonyl (C=O) groups excluding carboxylic acids is 2. The van der Waals surface area contributed by atoms with Crippen LogP contribution in [0.3, 0.4) is 0 Å². The van der Waals surface area contributed by atoms with Gasteiger partial charge < -0.3 is 5.32 Å². The lowest BCUT2D eigenvalue weighted by Crippen LogP contribution is -2.23. The molecule has 0 aliphatic carbocycles. The van der Waals surface area contributed by atoms with Crippen LogP contribution >= 0.6 is 23.1 Å². The third-order valence-electron chi connectivity index (χ3n) is 5.32. The van der Waals surface area contributed by atoms with Gasteiger partial charge in [-0.05, 0) is 41.8 Å². The molecule has 0 fully saturated rings. The van der Waals surface area contributed by atoms with Crippen LogP contribution in [-0.4, -0.2) is 27.0 Å². The second kappa shape index (κ2) is 10.4. The summed E-state index contributed by atoms with van der Waals surface area (Å²) in [7, 11) is 0. The largest absolute Gasteiger partial charge is 0.351 e. The van der Waals surface area contributed by atoms with Crippen molar-refractivity contribution in [2.75, 3.05) is 5.75 Å². The topological polar surface area (TPSA) is 81.1 Å². The van der Waals surface area contributed by atoms with E-state index in [0.29, 0.717) is 27.5 Å². The minimum Gasteiger partial charge on any atom is -0.351 e. The molecule has 174 valence electrons. The van der Waals surface area contributed by atoms with Crippen LogP contribution in [0.25, 0.3) is 16.6 Å². The molecule has 34 heavy (non-hydrogen) atoms. The van der Waals surface area contributed by atoms with Crippen LogP contribution in [0.1, 0.15) is 46.8 Å². The van der Waals surface area contributed by atoms with Gasteiger partial charge in [-0.3, -0.25) is 19.0 Å². The molecule has 8 heteroatoms. The first-order valence-electron chi connectivity index (χ1n) is 11.0. The molecule has 1 amide bonds. The summed E-state index contributed by atoms with van der Waals surface area (Å²) in [5.74, 6) is 0.200. The van der Waals surface area contributed by atoms with Crippen LogP contribution in [0, 0.1) is 0 Å². The summed E-state index contributed by atoms with van der Waals surface area (Å²) in [6.45, 7) is 6.04. The highest BCUT2D eigenvalue weighted by atomic mass is 32.2. The Morgan fingerprint density at radius 3 is 2.56 bits per heavy atom. The fourth-order valence-electron chi connectivity index (χ4n) is 3.64. The zero-order valence-corrected chi connectivity index (χ0v) is 20.8. The van der Waals surface area contributed by atoms with Gasteiger partial charge in [0.15, 0.2) is 10.9 Å². The quantitative estimate of drug-likeness (QED) is 0.209. The van der Waals surface area contributed by atoms with Crippen LogP contribution < -0.4 is 10.9 Å². The molecule has 0 aliphatic heterocycles. The molecule has 4 aromatic rings. The van der Waals surface area contributed by atoms with Gasteiger partial charge in [0.25, 0.3) is 5.56 Å². The lowest BCUT2D eigenvalue weighted by Gasteiger charge is -2.18. The van der Waals surface area contributed by atoms with Gasteiger partial charge in [0.05, 0.1) is 33.8 Å². The molecule has 2 heterocycles. The van der Waals surface area contributed by atoms with Crippen LogP contribution in [-0.2, 0) is 11.3 Å². The van der Waals surface area contributed by atoms with Crippen LogP contribution in [0.2, 0.25) is 0 Å². The molecule has 6 nitrogen and oxygen atoms in total. The van der Waals surface area contributed by atoms with E-state index in [-0.39, 0.29) is 28.9 Å². The van der Waals surface area contributed by atoms with Gasteiger partial charge in [0.1, 0.15) is 0 Å². The number of nitrogens with zero attached hydrogens (tertiary/aromatic N) is 2. The summed E-state index contributed by atoms with van der Waals surface area (Å²) in [4.78, 5) is 43.9. The SMILES string of the molecule is CC(=O)NCc1ccc(C(=O)CSc2nc3ccccc3c(=O)n2-c2ccccc2C(C)C)s1. The summed E-state index contributed by atoms with van der Waals surface area (Å²) in [6.07, 6.45) is 0. The minimum atomic E-state index is -0.151. The Kier molecular flexibility index (Phi) is 7.29. The zero-order chi connectivity index (χ0) is 24.2. The summed E-state index contributed by atoms with van der Waals surface area (Å²) in [5.41, 5.74) is 2.27. The fourth-order valence-corrected chi connectivity index (χ4v) is 5.50. The molecule has 2 aromatic heterocycles. The Balaban J connectivity index is 1.69. The van der Waals surface area contributed by atoms with Crippen molar-refractivity contribution < 1.29 is 9.59 Å². The number of thiophene rings is 1. The molecule has 4 rings (SSSR count). The Morgan fingerprint density at radius 1 is 1.06 bits per heavy atom. The maximum absolute atomic E-state index is 13.6. The molecule has 0 aliphatic rings. The highest BCUT2D eigenvalue weighted by molar-refractivity contribution is 7.99. The number of ketones is 1. The van der Waals surface area contributed by atoms with Crippen LogP contribution in [0.15, 0.2) is 70.6 Å². The zero-order valence-electron chi connectivity index (χ0n) is 19.2. The minimum absolute atomic E-state index is 0.0461. The molecule has 0 unspecified atom stereocenters. The van der Waals surface area contributed by atoms with Crippen LogP contribution in [0.4, 0.5) is 0 Å². The lowest BCUT2D eigenvalue weighted by molar-refractivity contribution is -0.119. The molecule has 0 saturated carbocycles. The Labute approximate surface area is 206 Å². The van der Waals surface area contributed by atoms with Crippen LogP contribution in [0.5, 0.6) is 0 Å². The number of para-hydroxylation sites is 2. The van der Waals surface area contributed by atoms with E-state index >= 15 is 0 Å². The van der Waals surface area contributed by atoms with Gasteiger partial charge in [-0.25, -0.2) is 4.98 Å². The summed E-state index contributed by atoms with van der Waals surface area (Å²) in [5, 5.41) is 3.77. The third kappa shape index (κ3) is 5.13.